The number of nitrogens with one attached hydrogen (secondary N) is 2. The number of carbonyl (C=O) groups is 2. The Hall–Kier alpha value is -2.31. The molecule has 2 N–H and O–H groups in total. The summed E-state index contributed by atoms with van der Waals surface area (Å²) in [5.74, 6) is 0.780. The first-order chi connectivity index (χ1) is 10.6. The number of pyridine rings is 1. The van der Waals surface area contributed by atoms with Gasteiger partial charge in [0, 0.05) is 27.2 Å². The number of hydrogen-bond acceptors (Lipinski definition) is 4. The summed E-state index contributed by atoms with van der Waals surface area (Å²) >= 11 is 0. The van der Waals surface area contributed by atoms with Crippen molar-refractivity contribution in [3.8, 4) is 0 Å². The van der Waals surface area contributed by atoms with Crippen LogP contribution < -0.4 is 15.5 Å². The Morgan fingerprint density at radius 1 is 1.23 bits per heavy atom. The normalized spacial score (nSPS) is 14.4. The molecule has 0 aliphatic carbocycles. The van der Waals surface area contributed by atoms with Crippen LogP contribution in [0.5, 0.6) is 0 Å². The van der Waals surface area contributed by atoms with E-state index >= 15 is 0 Å². The van der Waals surface area contributed by atoms with Crippen molar-refractivity contribution in [2.75, 3.05) is 43.9 Å². The van der Waals surface area contributed by atoms with Gasteiger partial charge in [0.05, 0.1) is 18.4 Å². The van der Waals surface area contributed by atoms with Gasteiger partial charge in [-0.15, -0.1) is 0 Å². The number of anilines is 2. The third-order valence-corrected chi connectivity index (χ3v) is 3.58. The first kappa shape index (κ1) is 16.1. The van der Waals surface area contributed by atoms with Crippen molar-refractivity contribution in [1.29, 1.82) is 0 Å². The molecule has 7 nitrogen and oxygen atoms in total. The van der Waals surface area contributed by atoms with Gasteiger partial charge < -0.3 is 20.4 Å². The molecule has 1 aromatic heterocycles. The molecule has 1 aliphatic rings. The molecule has 1 aliphatic heterocycles. The predicted octanol–water partition coefficient (Wildman–Crippen LogP) is 1.28. The van der Waals surface area contributed by atoms with E-state index in [1.807, 2.05) is 12.1 Å². The number of hydrogen-bond donors (Lipinski definition) is 2. The molecule has 0 unspecified atom stereocenters. The minimum Gasteiger partial charge on any atom is -0.357 e. The minimum absolute atomic E-state index is 0.0296. The predicted molar refractivity (Wildman–Crippen MR) is 86.0 cm³/mol. The van der Waals surface area contributed by atoms with E-state index in [0.29, 0.717) is 5.69 Å². The molecule has 1 saturated heterocycles. The van der Waals surface area contributed by atoms with Crippen LogP contribution in [0.1, 0.15) is 19.3 Å². The number of piperidine rings is 1. The molecule has 120 valence electrons. The third-order valence-electron chi connectivity index (χ3n) is 3.58. The van der Waals surface area contributed by atoms with E-state index in [-0.39, 0.29) is 12.5 Å². The Morgan fingerprint density at radius 2 is 1.95 bits per heavy atom. The second-order valence-corrected chi connectivity index (χ2v) is 5.55. The van der Waals surface area contributed by atoms with Crippen molar-refractivity contribution < 1.29 is 9.59 Å². The number of urea groups is 1. The monoisotopic (exact) mass is 305 g/mol. The minimum atomic E-state index is -0.414. The molecule has 1 fully saturated rings. The quantitative estimate of drug-likeness (QED) is 0.878. The van der Waals surface area contributed by atoms with Gasteiger partial charge in [0.15, 0.2) is 0 Å². The molecule has 3 amide bonds. The zero-order chi connectivity index (χ0) is 15.9. The topological polar surface area (TPSA) is 77.6 Å². The van der Waals surface area contributed by atoms with Crippen molar-refractivity contribution in [1.82, 2.24) is 15.2 Å². The largest absolute Gasteiger partial charge is 0.357 e. The van der Waals surface area contributed by atoms with Crippen LogP contribution in [0.15, 0.2) is 18.3 Å². The van der Waals surface area contributed by atoms with Gasteiger partial charge >= 0.3 is 6.03 Å². The van der Waals surface area contributed by atoms with Crippen molar-refractivity contribution in [3.63, 3.8) is 0 Å². The highest BCUT2D eigenvalue weighted by Crippen LogP contribution is 2.18. The highest BCUT2D eigenvalue weighted by atomic mass is 16.2. The van der Waals surface area contributed by atoms with E-state index < -0.39 is 6.03 Å². The Balaban J connectivity index is 1.82. The van der Waals surface area contributed by atoms with Crippen LogP contribution in [0.2, 0.25) is 0 Å². The van der Waals surface area contributed by atoms with Crippen LogP contribution in [0.25, 0.3) is 0 Å². The number of rotatable bonds is 4. The molecule has 7 heteroatoms. The number of amides is 3. The smallest absolute Gasteiger partial charge is 0.319 e. The van der Waals surface area contributed by atoms with E-state index in [9.17, 15) is 9.59 Å². The van der Waals surface area contributed by atoms with Crippen LogP contribution in [-0.4, -0.2) is 55.6 Å². The molecule has 2 heterocycles. The summed E-state index contributed by atoms with van der Waals surface area (Å²) in [7, 11) is 3.29. The second-order valence-electron chi connectivity index (χ2n) is 5.55. The first-order valence-corrected chi connectivity index (χ1v) is 7.52. The molecule has 0 spiro atoms. The molecule has 0 atom stereocenters. The van der Waals surface area contributed by atoms with Crippen molar-refractivity contribution in [2.24, 2.45) is 0 Å². The second kappa shape index (κ2) is 7.63. The lowest BCUT2D eigenvalue weighted by molar-refractivity contribution is -0.127. The van der Waals surface area contributed by atoms with Crippen LogP contribution in [0.3, 0.4) is 0 Å². The van der Waals surface area contributed by atoms with Gasteiger partial charge in [-0.25, -0.2) is 9.78 Å². The number of nitrogens with zero attached hydrogens (tertiary/aromatic N) is 3. The van der Waals surface area contributed by atoms with Gasteiger partial charge in [0.25, 0.3) is 0 Å². The van der Waals surface area contributed by atoms with Crippen LogP contribution in [0.4, 0.5) is 16.3 Å². The zero-order valence-corrected chi connectivity index (χ0v) is 13.1. The van der Waals surface area contributed by atoms with Crippen LogP contribution in [-0.2, 0) is 4.79 Å². The van der Waals surface area contributed by atoms with Gasteiger partial charge in [-0.05, 0) is 31.4 Å². The summed E-state index contributed by atoms with van der Waals surface area (Å²) in [6.07, 6.45) is 5.31. The number of likely N-dealkylation sites (N-methyl/N-ethyl adjacent to an activating group) is 1. The Morgan fingerprint density at radius 3 is 2.55 bits per heavy atom. The maximum Gasteiger partial charge on any atom is 0.319 e. The van der Waals surface area contributed by atoms with E-state index in [4.69, 9.17) is 0 Å². The molecule has 0 saturated carbocycles. The average Bonchev–Trinajstić information content (AvgIpc) is 2.54. The molecule has 2 rings (SSSR count). The summed E-state index contributed by atoms with van der Waals surface area (Å²) in [6.45, 7) is 2.04. The maximum absolute atomic E-state index is 11.7. The maximum atomic E-state index is 11.7. The van der Waals surface area contributed by atoms with Crippen LogP contribution >= 0.6 is 0 Å². The first-order valence-electron chi connectivity index (χ1n) is 7.52. The van der Waals surface area contributed by atoms with Gasteiger partial charge in [-0.3, -0.25) is 4.79 Å². The summed E-state index contributed by atoms with van der Waals surface area (Å²) in [6, 6.07) is 3.32. The van der Waals surface area contributed by atoms with Crippen molar-refractivity contribution in [2.45, 2.75) is 19.3 Å². The molecular weight excluding hydrogens is 282 g/mol. The van der Waals surface area contributed by atoms with Crippen molar-refractivity contribution in [3.05, 3.63) is 18.3 Å². The standard InChI is InChI=1S/C15H23N5O2/c1-19(2)14(21)11-17-15(22)18-12-6-7-13(16-10-12)20-8-4-3-5-9-20/h6-7,10H,3-5,8-9,11H2,1-2H3,(H2,17,18,22). The summed E-state index contributed by atoms with van der Waals surface area (Å²) in [4.78, 5) is 31.1. The zero-order valence-electron chi connectivity index (χ0n) is 13.1. The molecule has 1 aromatic rings. The SMILES string of the molecule is CN(C)C(=O)CNC(=O)Nc1ccc(N2CCCCC2)nc1. The lowest BCUT2D eigenvalue weighted by Gasteiger charge is -2.27. The van der Waals surface area contributed by atoms with Gasteiger partial charge in [0.2, 0.25) is 5.91 Å². The highest BCUT2D eigenvalue weighted by molar-refractivity contribution is 5.92. The van der Waals surface area contributed by atoms with Crippen LogP contribution in [0, 0.1) is 0 Å². The average molecular weight is 305 g/mol. The lowest BCUT2D eigenvalue weighted by atomic mass is 10.1. The number of aromatic nitrogens is 1. The highest BCUT2D eigenvalue weighted by Gasteiger charge is 2.12. The summed E-state index contributed by atoms with van der Waals surface area (Å²) in [5.41, 5.74) is 0.607. The molecule has 22 heavy (non-hydrogen) atoms. The van der Waals surface area contributed by atoms with E-state index in [1.54, 1.807) is 20.3 Å². The fourth-order valence-corrected chi connectivity index (χ4v) is 2.26. The molecule has 0 bridgehead atoms. The van der Waals surface area contributed by atoms with Crippen molar-refractivity contribution >= 4 is 23.4 Å². The van der Waals surface area contributed by atoms with Gasteiger partial charge in [-0.2, -0.15) is 0 Å². The summed E-state index contributed by atoms with van der Waals surface area (Å²) in [5, 5.41) is 5.18. The van der Waals surface area contributed by atoms with Gasteiger partial charge in [0.1, 0.15) is 5.82 Å². The fraction of sp³-hybridized carbons (Fsp3) is 0.533. The van der Waals surface area contributed by atoms with E-state index in [2.05, 4.69) is 20.5 Å². The van der Waals surface area contributed by atoms with E-state index in [1.165, 1.54) is 24.2 Å². The number of carbonyl (C=O) groups excluding carboxylic acids is 2. The fourth-order valence-electron chi connectivity index (χ4n) is 2.26. The molecule has 0 radical (unpaired) electrons. The Kier molecular flexibility index (Phi) is 5.57. The van der Waals surface area contributed by atoms with Gasteiger partial charge in [-0.1, -0.05) is 0 Å². The molecule has 0 aromatic carbocycles. The Bertz CT molecular complexity index is 509. The summed E-state index contributed by atoms with van der Waals surface area (Å²) < 4.78 is 0. The Labute approximate surface area is 130 Å². The van der Waals surface area contributed by atoms with E-state index in [0.717, 1.165) is 18.9 Å². The lowest BCUT2D eigenvalue weighted by Crippen LogP contribution is -2.38. The third kappa shape index (κ3) is 4.61. The molecular formula is C15H23N5O2.